The van der Waals surface area contributed by atoms with Gasteiger partial charge in [-0.05, 0) is 38.2 Å². The summed E-state index contributed by atoms with van der Waals surface area (Å²) in [6, 6.07) is 9.50. The van der Waals surface area contributed by atoms with Crippen LogP contribution in [0.4, 0.5) is 0 Å². The Bertz CT molecular complexity index is 579. The fourth-order valence-corrected chi connectivity index (χ4v) is 3.47. The van der Waals surface area contributed by atoms with Crippen LogP contribution >= 0.6 is 0 Å². The zero-order valence-corrected chi connectivity index (χ0v) is 14.9. The second kappa shape index (κ2) is 8.48. The van der Waals surface area contributed by atoms with Gasteiger partial charge in [0.25, 0.3) is 0 Å². The van der Waals surface area contributed by atoms with Crippen molar-refractivity contribution < 1.29 is 19.1 Å². The number of carbonyl (C=O) groups is 2. The summed E-state index contributed by atoms with van der Waals surface area (Å²) in [5.41, 5.74) is 1.05. The van der Waals surface area contributed by atoms with Gasteiger partial charge in [0.1, 0.15) is 6.04 Å². The van der Waals surface area contributed by atoms with Crippen molar-refractivity contribution in [1.29, 1.82) is 0 Å². The minimum Gasteiger partial charge on any atom is -0.464 e. The van der Waals surface area contributed by atoms with E-state index in [1.807, 2.05) is 35.2 Å². The number of esters is 1. The molecule has 5 heteroatoms. The average molecular weight is 345 g/mol. The lowest BCUT2D eigenvalue weighted by Crippen LogP contribution is -2.51. The Hall–Kier alpha value is -1.88. The molecule has 5 nitrogen and oxygen atoms in total. The van der Waals surface area contributed by atoms with E-state index >= 15 is 0 Å². The number of carbonyl (C=O) groups excluding carboxylic acids is 2. The molecule has 0 radical (unpaired) electrons. The number of benzene rings is 1. The molecule has 25 heavy (non-hydrogen) atoms. The van der Waals surface area contributed by atoms with Crippen molar-refractivity contribution in [1.82, 2.24) is 4.90 Å². The van der Waals surface area contributed by atoms with E-state index in [1.54, 1.807) is 6.92 Å². The summed E-state index contributed by atoms with van der Waals surface area (Å²) in [4.78, 5) is 27.7. The first kappa shape index (κ1) is 17.9. The zero-order valence-electron chi connectivity index (χ0n) is 14.9. The van der Waals surface area contributed by atoms with Crippen LogP contribution in [0.1, 0.15) is 38.2 Å². The van der Waals surface area contributed by atoms with Crippen molar-refractivity contribution in [2.75, 3.05) is 19.8 Å². The van der Waals surface area contributed by atoms with Crippen LogP contribution in [0.2, 0.25) is 0 Å². The highest BCUT2D eigenvalue weighted by molar-refractivity contribution is 5.86. The number of amides is 1. The summed E-state index contributed by atoms with van der Waals surface area (Å²) < 4.78 is 10.7. The van der Waals surface area contributed by atoms with E-state index in [4.69, 9.17) is 9.47 Å². The summed E-state index contributed by atoms with van der Waals surface area (Å²) in [5, 5.41) is 0. The van der Waals surface area contributed by atoms with Crippen molar-refractivity contribution >= 4 is 11.9 Å². The van der Waals surface area contributed by atoms with Crippen molar-refractivity contribution in [2.45, 2.75) is 51.1 Å². The minimum atomic E-state index is -0.537. The van der Waals surface area contributed by atoms with Crippen molar-refractivity contribution in [3.05, 3.63) is 35.9 Å². The third-order valence-corrected chi connectivity index (χ3v) is 4.93. The molecule has 0 spiro atoms. The Balaban J connectivity index is 1.81. The molecule has 1 saturated carbocycles. The maximum Gasteiger partial charge on any atom is 0.329 e. The molecule has 3 rings (SSSR count). The van der Waals surface area contributed by atoms with Crippen molar-refractivity contribution in [3.8, 4) is 0 Å². The molecule has 2 fully saturated rings. The third kappa shape index (κ3) is 4.60. The second-order valence-corrected chi connectivity index (χ2v) is 6.82. The van der Waals surface area contributed by atoms with Gasteiger partial charge < -0.3 is 14.4 Å². The molecule has 0 bridgehead atoms. The Morgan fingerprint density at radius 1 is 1.16 bits per heavy atom. The molecule has 1 heterocycles. The molecule has 1 aliphatic carbocycles. The predicted octanol–water partition coefficient (Wildman–Crippen LogP) is 2.58. The predicted molar refractivity (Wildman–Crippen MR) is 94.0 cm³/mol. The van der Waals surface area contributed by atoms with E-state index in [0.29, 0.717) is 26.2 Å². The highest BCUT2D eigenvalue weighted by Crippen LogP contribution is 2.33. The second-order valence-electron chi connectivity index (χ2n) is 6.82. The van der Waals surface area contributed by atoms with Crippen LogP contribution < -0.4 is 0 Å². The lowest BCUT2D eigenvalue weighted by atomic mass is 9.96. The molecule has 1 saturated heterocycles. The van der Waals surface area contributed by atoms with Gasteiger partial charge in [-0.2, -0.15) is 0 Å². The van der Waals surface area contributed by atoms with Gasteiger partial charge in [-0.3, -0.25) is 4.79 Å². The average Bonchev–Trinajstić information content (AvgIpc) is 3.48. The fourth-order valence-electron chi connectivity index (χ4n) is 3.47. The normalized spacial score (nSPS) is 19.2. The van der Waals surface area contributed by atoms with Crippen molar-refractivity contribution in [3.63, 3.8) is 0 Å². The first-order valence-electron chi connectivity index (χ1n) is 9.31. The van der Waals surface area contributed by atoms with Crippen LogP contribution in [0.5, 0.6) is 0 Å². The summed E-state index contributed by atoms with van der Waals surface area (Å²) >= 11 is 0. The molecule has 0 aromatic heterocycles. The van der Waals surface area contributed by atoms with Crippen LogP contribution in [0, 0.1) is 5.92 Å². The summed E-state index contributed by atoms with van der Waals surface area (Å²) in [6.07, 6.45) is 3.93. The quantitative estimate of drug-likeness (QED) is 0.713. The first-order valence-corrected chi connectivity index (χ1v) is 9.31. The van der Waals surface area contributed by atoms with E-state index in [9.17, 15) is 9.59 Å². The molecule has 1 atom stereocenters. The molecule has 1 amide bonds. The summed E-state index contributed by atoms with van der Waals surface area (Å²) in [6.45, 7) is 3.38. The maximum atomic E-state index is 13.2. The van der Waals surface area contributed by atoms with E-state index in [2.05, 4.69) is 0 Å². The van der Waals surface area contributed by atoms with Crippen molar-refractivity contribution in [2.24, 2.45) is 5.92 Å². The van der Waals surface area contributed by atoms with Gasteiger partial charge in [-0.25, -0.2) is 4.79 Å². The molecule has 1 aromatic carbocycles. The molecule has 1 aromatic rings. The third-order valence-electron chi connectivity index (χ3n) is 4.93. The molecule has 1 aliphatic heterocycles. The Morgan fingerprint density at radius 2 is 1.84 bits per heavy atom. The lowest BCUT2D eigenvalue weighted by Gasteiger charge is -2.34. The first-order chi connectivity index (χ1) is 12.2. The van der Waals surface area contributed by atoms with Gasteiger partial charge in [-0.15, -0.1) is 0 Å². The largest absolute Gasteiger partial charge is 0.464 e. The lowest BCUT2D eigenvalue weighted by molar-refractivity contribution is -0.158. The van der Waals surface area contributed by atoms with E-state index < -0.39 is 6.04 Å². The number of ether oxygens (including phenoxy) is 2. The van der Waals surface area contributed by atoms with Gasteiger partial charge >= 0.3 is 5.97 Å². The fraction of sp³-hybridized carbons (Fsp3) is 0.600. The van der Waals surface area contributed by atoms with E-state index in [-0.39, 0.29) is 23.8 Å². The standard InChI is InChI=1S/C20H27NO4/c1-2-25-20(23)18(14-15-6-4-3-5-7-15)21(17-8-9-17)19(22)16-10-12-24-13-11-16/h3-7,16-18H,2,8-14H2,1H3. The SMILES string of the molecule is CCOC(=O)C(Cc1ccccc1)N(C(=O)C1CCOCC1)C1CC1. The van der Waals surface area contributed by atoms with Crippen LogP contribution in [-0.2, 0) is 25.5 Å². The molecule has 2 aliphatic rings. The summed E-state index contributed by atoms with van der Waals surface area (Å²) in [5.74, 6) is -0.236. The molecule has 1 unspecified atom stereocenters. The smallest absolute Gasteiger partial charge is 0.329 e. The molecule has 0 N–H and O–H groups in total. The Labute approximate surface area is 149 Å². The topological polar surface area (TPSA) is 55.8 Å². The van der Waals surface area contributed by atoms with Gasteiger partial charge in [0.2, 0.25) is 5.91 Å². The minimum absolute atomic E-state index is 0.0398. The maximum absolute atomic E-state index is 13.2. The Morgan fingerprint density at radius 3 is 2.44 bits per heavy atom. The van der Waals surface area contributed by atoms with E-state index in [0.717, 1.165) is 31.2 Å². The van der Waals surface area contributed by atoms with Gasteiger partial charge in [0, 0.05) is 31.6 Å². The van der Waals surface area contributed by atoms with Gasteiger partial charge in [0.05, 0.1) is 6.61 Å². The highest BCUT2D eigenvalue weighted by atomic mass is 16.5. The van der Waals surface area contributed by atoms with Crippen LogP contribution in [0.15, 0.2) is 30.3 Å². The Kier molecular flexibility index (Phi) is 6.08. The molecule has 136 valence electrons. The van der Waals surface area contributed by atoms with Crippen LogP contribution in [0.3, 0.4) is 0 Å². The zero-order chi connectivity index (χ0) is 17.6. The van der Waals surface area contributed by atoms with E-state index in [1.165, 1.54) is 0 Å². The summed E-state index contributed by atoms with van der Waals surface area (Å²) in [7, 11) is 0. The number of hydrogen-bond acceptors (Lipinski definition) is 4. The monoisotopic (exact) mass is 345 g/mol. The number of hydrogen-bond donors (Lipinski definition) is 0. The molecular formula is C20H27NO4. The molecular weight excluding hydrogens is 318 g/mol. The van der Waals surface area contributed by atoms with Crippen LogP contribution in [0.25, 0.3) is 0 Å². The van der Waals surface area contributed by atoms with Gasteiger partial charge in [0.15, 0.2) is 0 Å². The van der Waals surface area contributed by atoms with Crippen LogP contribution in [-0.4, -0.2) is 48.7 Å². The highest BCUT2D eigenvalue weighted by Gasteiger charge is 2.43. The number of rotatable bonds is 7. The number of nitrogens with zero attached hydrogens (tertiary/aromatic N) is 1. The van der Waals surface area contributed by atoms with Gasteiger partial charge in [-0.1, -0.05) is 30.3 Å².